The van der Waals surface area contributed by atoms with Crippen LogP contribution in [0.3, 0.4) is 0 Å². The summed E-state index contributed by atoms with van der Waals surface area (Å²) in [4.78, 5) is 3.27. The van der Waals surface area contributed by atoms with Crippen molar-refractivity contribution in [1.29, 1.82) is 0 Å². The first-order chi connectivity index (χ1) is 8.22. The molecule has 0 unspecified atom stereocenters. The monoisotopic (exact) mass is 248 g/mol. The van der Waals surface area contributed by atoms with Gasteiger partial charge < -0.3 is 9.55 Å². The number of imidazole rings is 1. The van der Waals surface area contributed by atoms with Gasteiger partial charge in [-0.1, -0.05) is 32.3 Å². The molecule has 0 atom stereocenters. The highest BCUT2D eigenvalue weighted by Crippen LogP contribution is 2.17. The van der Waals surface area contributed by atoms with Crippen molar-refractivity contribution in [1.82, 2.24) is 9.55 Å². The lowest BCUT2D eigenvalue weighted by Crippen LogP contribution is -1.98. The fourth-order valence-electron chi connectivity index (χ4n) is 2.18. The molecule has 0 radical (unpaired) electrons. The number of nitrogens with one attached hydrogen (secondary N) is 1. The molecule has 1 heterocycles. The normalized spacial score (nSPS) is 11.2. The van der Waals surface area contributed by atoms with E-state index in [2.05, 4.69) is 41.6 Å². The Kier molecular flexibility index (Phi) is 4.00. The first-order valence-electron chi connectivity index (χ1n) is 6.41. The SMILES string of the molecule is CCCCCCn1c(=S)[nH]c2ccc(C)cc21. The summed E-state index contributed by atoms with van der Waals surface area (Å²) in [5.74, 6) is 0. The topological polar surface area (TPSA) is 20.7 Å². The van der Waals surface area contributed by atoms with Gasteiger partial charge in [-0.25, -0.2) is 0 Å². The van der Waals surface area contributed by atoms with Crippen molar-refractivity contribution in [3.8, 4) is 0 Å². The molecule has 0 bridgehead atoms. The van der Waals surface area contributed by atoms with Gasteiger partial charge in [-0.15, -0.1) is 0 Å². The minimum atomic E-state index is 0.849. The van der Waals surface area contributed by atoms with Crippen molar-refractivity contribution in [2.45, 2.75) is 46.1 Å². The average Bonchev–Trinajstić information content (AvgIpc) is 2.61. The number of aryl methyl sites for hydroxylation is 2. The summed E-state index contributed by atoms with van der Waals surface area (Å²) < 4.78 is 3.08. The van der Waals surface area contributed by atoms with Gasteiger partial charge in [0.2, 0.25) is 0 Å². The first-order valence-corrected chi connectivity index (χ1v) is 6.82. The molecule has 0 aliphatic heterocycles. The van der Waals surface area contributed by atoms with Crippen LogP contribution in [0.25, 0.3) is 11.0 Å². The lowest BCUT2D eigenvalue weighted by molar-refractivity contribution is 0.587. The van der Waals surface area contributed by atoms with Crippen LogP contribution in [0, 0.1) is 11.7 Å². The zero-order chi connectivity index (χ0) is 12.3. The Labute approximate surface area is 108 Å². The van der Waals surface area contributed by atoms with Crippen molar-refractivity contribution in [2.75, 3.05) is 0 Å². The second-order valence-electron chi connectivity index (χ2n) is 4.66. The zero-order valence-electron chi connectivity index (χ0n) is 10.6. The van der Waals surface area contributed by atoms with Crippen molar-refractivity contribution in [2.24, 2.45) is 0 Å². The Morgan fingerprint density at radius 2 is 2.06 bits per heavy atom. The number of hydrogen-bond donors (Lipinski definition) is 1. The largest absolute Gasteiger partial charge is 0.331 e. The summed E-state index contributed by atoms with van der Waals surface area (Å²) in [5, 5.41) is 0. The third kappa shape index (κ3) is 2.78. The first kappa shape index (κ1) is 12.4. The summed E-state index contributed by atoms with van der Waals surface area (Å²) in [7, 11) is 0. The van der Waals surface area contributed by atoms with Crippen molar-refractivity contribution in [3.05, 3.63) is 28.5 Å². The van der Waals surface area contributed by atoms with E-state index in [1.165, 1.54) is 36.8 Å². The molecule has 17 heavy (non-hydrogen) atoms. The molecule has 0 aliphatic carbocycles. The number of hydrogen-bond acceptors (Lipinski definition) is 1. The highest BCUT2D eigenvalue weighted by Gasteiger charge is 2.03. The maximum atomic E-state index is 5.38. The van der Waals surface area contributed by atoms with Crippen LogP contribution in [0.15, 0.2) is 18.2 Å². The molecule has 0 amide bonds. The van der Waals surface area contributed by atoms with Crippen LogP contribution in [0.5, 0.6) is 0 Å². The molecule has 2 aromatic rings. The van der Waals surface area contributed by atoms with Gasteiger partial charge in [0.15, 0.2) is 4.77 Å². The molecule has 0 saturated carbocycles. The predicted molar refractivity (Wildman–Crippen MR) is 76.0 cm³/mol. The lowest BCUT2D eigenvalue weighted by Gasteiger charge is -2.04. The predicted octanol–water partition coefficient (Wildman–Crippen LogP) is 4.59. The molecule has 0 spiro atoms. The molecule has 1 N–H and O–H groups in total. The molecule has 92 valence electrons. The highest BCUT2D eigenvalue weighted by atomic mass is 32.1. The molecule has 3 heteroatoms. The van der Waals surface area contributed by atoms with E-state index in [9.17, 15) is 0 Å². The molecular weight excluding hydrogens is 228 g/mol. The molecule has 1 aromatic carbocycles. The van der Waals surface area contributed by atoms with Crippen LogP contribution in [0.4, 0.5) is 0 Å². The molecule has 1 aromatic heterocycles. The van der Waals surface area contributed by atoms with Crippen LogP contribution in [0.2, 0.25) is 0 Å². The zero-order valence-corrected chi connectivity index (χ0v) is 11.4. The van der Waals surface area contributed by atoms with Gasteiger partial charge in [-0.05, 0) is 43.3 Å². The van der Waals surface area contributed by atoms with E-state index in [0.29, 0.717) is 0 Å². The molecule has 2 nitrogen and oxygen atoms in total. The van der Waals surface area contributed by atoms with Crippen molar-refractivity contribution >= 4 is 23.3 Å². The summed E-state index contributed by atoms with van der Waals surface area (Å²) in [6.45, 7) is 5.39. The fraction of sp³-hybridized carbons (Fsp3) is 0.500. The van der Waals surface area contributed by atoms with Gasteiger partial charge in [0.05, 0.1) is 11.0 Å². The van der Waals surface area contributed by atoms with Gasteiger partial charge in [0.25, 0.3) is 0 Å². The van der Waals surface area contributed by atoms with Gasteiger partial charge in [0.1, 0.15) is 0 Å². The Bertz CT molecular complexity index is 551. The smallest absolute Gasteiger partial charge is 0.178 e. The number of aromatic amines is 1. The van der Waals surface area contributed by atoms with E-state index < -0.39 is 0 Å². The van der Waals surface area contributed by atoms with Crippen LogP contribution >= 0.6 is 12.2 Å². The van der Waals surface area contributed by atoms with Crippen molar-refractivity contribution in [3.63, 3.8) is 0 Å². The summed E-state index contributed by atoms with van der Waals surface area (Å²) in [5.41, 5.74) is 3.68. The lowest BCUT2D eigenvalue weighted by atomic mass is 10.2. The van der Waals surface area contributed by atoms with E-state index in [1.54, 1.807) is 0 Å². The van der Waals surface area contributed by atoms with Crippen LogP contribution in [-0.2, 0) is 6.54 Å². The van der Waals surface area contributed by atoms with Gasteiger partial charge in [-0.2, -0.15) is 0 Å². The minimum Gasteiger partial charge on any atom is -0.331 e. The van der Waals surface area contributed by atoms with Gasteiger partial charge >= 0.3 is 0 Å². The third-order valence-electron chi connectivity index (χ3n) is 3.17. The quantitative estimate of drug-likeness (QED) is 0.606. The Morgan fingerprint density at radius 1 is 1.24 bits per heavy atom. The van der Waals surface area contributed by atoms with E-state index in [1.807, 2.05) is 0 Å². The number of fused-ring (bicyclic) bond motifs is 1. The number of benzene rings is 1. The second kappa shape index (κ2) is 5.50. The molecule has 2 rings (SSSR count). The van der Waals surface area contributed by atoms with E-state index in [0.717, 1.165) is 16.8 Å². The average molecular weight is 248 g/mol. The van der Waals surface area contributed by atoms with E-state index >= 15 is 0 Å². The number of rotatable bonds is 5. The standard InChI is InChI=1S/C14H20N2S/c1-3-4-5-6-9-16-13-10-11(2)7-8-12(13)15-14(16)17/h7-8,10H,3-6,9H2,1-2H3,(H,15,17). The number of unbranched alkanes of at least 4 members (excludes halogenated alkanes) is 3. The number of nitrogens with zero attached hydrogens (tertiary/aromatic N) is 1. The van der Waals surface area contributed by atoms with E-state index in [4.69, 9.17) is 12.2 Å². The van der Waals surface area contributed by atoms with Gasteiger partial charge in [-0.3, -0.25) is 0 Å². The van der Waals surface area contributed by atoms with Crippen LogP contribution in [0.1, 0.15) is 38.2 Å². The highest BCUT2D eigenvalue weighted by molar-refractivity contribution is 7.71. The van der Waals surface area contributed by atoms with Gasteiger partial charge in [0, 0.05) is 6.54 Å². The van der Waals surface area contributed by atoms with E-state index in [-0.39, 0.29) is 0 Å². The summed E-state index contributed by atoms with van der Waals surface area (Å²) in [6, 6.07) is 6.44. The summed E-state index contributed by atoms with van der Waals surface area (Å²) in [6.07, 6.45) is 5.09. The van der Waals surface area contributed by atoms with Crippen molar-refractivity contribution < 1.29 is 0 Å². The Balaban J connectivity index is 2.23. The number of aromatic nitrogens is 2. The molecular formula is C14H20N2S. The maximum absolute atomic E-state index is 5.38. The Morgan fingerprint density at radius 3 is 2.82 bits per heavy atom. The maximum Gasteiger partial charge on any atom is 0.178 e. The molecule has 0 aliphatic rings. The third-order valence-corrected chi connectivity index (χ3v) is 3.49. The molecule has 0 saturated heterocycles. The second-order valence-corrected chi connectivity index (χ2v) is 5.05. The molecule has 0 fully saturated rings. The minimum absolute atomic E-state index is 0.849. The van der Waals surface area contributed by atoms with Crippen LogP contribution in [-0.4, -0.2) is 9.55 Å². The van der Waals surface area contributed by atoms with Crippen LogP contribution < -0.4 is 0 Å². The fourth-order valence-corrected chi connectivity index (χ4v) is 2.48. The number of H-pyrrole nitrogens is 1. The summed E-state index contributed by atoms with van der Waals surface area (Å²) >= 11 is 5.38. The Hall–Kier alpha value is -1.09.